The van der Waals surface area contributed by atoms with E-state index in [0.717, 1.165) is 42.5 Å². The minimum atomic E-state index is -0.163. The zero-order valence-electron chi connectivity index (χ0n) is 11.8. The highest BCUT2D eigenvalue weighted by atomic mass is 35.5. The topological polar surface area (TPSA) is 54.4 Å². The second-order valence-corrected chi connectivity index (χ2v) is 5.72. The number of hydrogen-bond donors (Lipinski definition) is 2. The molecule has 21 heavy (non-hydrogen) atoms. The molecule has 1 aromatic heterocycles. The fourth-order valence-electron chi connectivity index (χ4n) is 2.79. The summed E-state index contributed by atoms with van der Waals surface area (Å²) in [5, 5.41) is 14.7. The number of rotatable bonds is 5. The first-order valence-electron chi connectivity index (χ1n) is 7.28. The van der Waals surface area contributed by atoms with Gasteiger partial charge in [0.25, 0.3) is 0 Å². The first-order valence-corrected chi connectivity index (χ1v) is 7.66. The van der Waals surface area contributed by atoms with Gasteiger partial charge in [-0.15, -0.1) is 0 Å². The van der Waals surface area contributed by atoms with Crippen molar-refractivity contribution in [1.29, 1.82) is 0 Å². The smallest absolute Gasteiger partial charge is 0.0765 e. The maximum atomic E-state index is 9.72. The largest absolute Gasteiger partial charge is 0.394 e. The summed E-state index contributed by atoms with van der Waals surface area (Å²) in [6, 6.07) is 7.44. The number of ether oxygens (including phenoxy) is 1. The molecule has 112 valence electrons. The summed E-state index contributed by atoms with van der Waals surface area (Å²) in [7, 11) is 0. The lowest BCUT2D eigenvalue weighted by Gasteiger charge is -2.20. The Morgan fingerprint density at radius 2 is 2.33 bits per heavy atom. The average molecular weight is 307 g/mol. The molecular weight excluding hydrogens is 288 g/mol. The van der Waals surface area contributed by atoms with Gasteiger partial charge in [-0.3, -0.25) is 4.98 Å². The van der Waals surface area contributed by atoms with Gasteiger partial charge in [0.05, 0.1) is 24.3 Å². The van der Waals surface area contributed by atoms with Crippen LogP contribution in [0.25, 0.3) is 10.9 Å². The number of aliphatic hydroxyl groups excluding tert-OH is 1. The van der Waals surface area contributed by atoms with Crippen LogP contribution in [0.2, 0.25) is 5.02 Å². The Balaban J connectivity index is 1.84. The van der Waals surface area contributed by atoms with E-state index < -0.39 is 0 Å². The minimum Gasteiger partial charge on any atom is -0.394 e. The molecule has 2 unspecified atom stereocenters. The molecule has 2 aromatic rings. The van der Waals surface area contributed by atoms with Crippen LogP contribution in [0.4, 0.5) is 0 Å². The Morgan fingerprint density at radius 3 is 3.10 bits per heavy atom. The third-order valence-corrected chi connectivity index (χ3v) is 4.25. The summed E-state index contributed by atoms with van der Waals surface area (Å²) in [6.45, 7) is 1.59. The van der Waals surface area contributed by atoms with Gasteiger partial charge in [0.2, 0.25) is 0 Å². The van der Waals surface area contributed by atoms with Crippen molar-refractivity contribution in [3.05, 3.63) is 41.0 Å². The molecule has 5 heteroatoms. The summed E-state index contributed by atoms with van der Waals surface area (Å²) in [6.07, 6.45) is 4.17. The highest BCUT2D eigenvalue weighted by molar-refractivity contribution is 6.35. The lowest BCUT2D eigenvalue weighted by molar-refractivity contribution is 0.104. The molecule has 0 spiro atoms. The number of pyridine rings is 1. The van der Waals surface area contributed by atoms with Crippen LogP contribution in [0, 0.1) is 0 Å². The standard InChI is InChI=1S/C16H19ClN2O2/c17-14-6-5-13(16-12(14)4-1-7-18-16)15(10-20)19-9-11-3-2-8-21-11/h1,4-7,11,15,19-20H,2-3,8-10H2. The van der Waals surface area contributed by atoms with Crippen LogP contribution in [0.15, 0.2) is 30.5 Å². The van der Waals surface area contributed by atoms with E-state index in [-0.39, 0.29) is 18.8 Å². The van der Waals surface area contributed by atoms with E-state index in [1.165, 1.54) is 0 Å². The van der Waals surface area contributed by atoms with Crippen molar-refractivity contribution in [3.63, 3.8) is 0 Å². The molecule has 1 aliphatic rings. The Labute approximate surface area is 129 Å². The number of benzene rings is 1. The SMILES string of the molecule is OCC(NCC1CCCO1)c1ccc(Cl)c2cccnc12. The van der Waals surface area contributed by atoms with Crippen molar-refractivity contribution in [3.8, 4) is 0 Å². The van der Waals surface area contributed by atoms with Gasteiger partial charge in [0, 0.05) is 29.8 Å². The molecule has 2 N–H and O–H groups in total. The monoisotopic (exact) mass is 306 g/mol. The number of nitrogens with one attached hydrogen (secondary N) is 1. The molecule has 0 amide bonds. The maximum absolute atomic E-state index is 9.72. The molecule has 0 radical (unpaired) electrons. The van der Waals surface area contributed by atoms with E-state index in [9.17, 15) is 5.11 Å². The normalized spacial score (nSPS) is 20.0. The molecule has 4 nitrogen and oxygen atoms in total. The van der Waals surface area contributed by atoms with E-state index in [4.69, 9.17) is 16.3 Å². The van der Waals surface area contributed by atoms with Gasteiger partial charge in [0.1, 0.15) is 0 Å². The van der Waals surface area contributed by atoms with Crippen molar-refractivity contribution in [1.82, 2.24) is 10.3 Å². The van der Waals surface area contributed by atoms with Crippen LogP contribution in [0.3, 0.4) is 0 Å². The molecule has 2 atom stereocenters. The van der Waals surface area contributed by atoms with E-state index in [1.54, 1.807) is 6.20 Å². The Morgan fingerprint density at radius 1 is 1.43 bits per heavy atom. The number of aliphatic hydroxyl groups is 1. The van der Waals surface area contributed by atoms with Crippen molar-refractivity contribution in [2.45, 2.75) is 25.0 Å². The van der Waals surface area contributed by atoms with Gasteiger partial charge >= 0.3 is 0 Å². The minimum absolute atomic E-state index is 0.0139. The second kappa shape index (κ2) is 6.71. The first-order chi connectivity index (χ1) is 10.3. The number of aromatic nitrogens is 1. The number of fused-ring (bicyclic) bond motifs is 1. The zero-order chi connectivity index (χ0) is 14.7. The van der Waals surface area contributed by atoms with Gasteiger partial charge in [-0.25, -0.2) is 0 Å². The van der Waals surface area contributed by atoms with Crippen molar-refractivity contribution in [2.75, 3.05) is 19.8 Å². The molecule has 2 heterocycles. The molecule has 0 saturated carbocycles. The summed E-state index contributed by atoms with van der Waals surface area (Å²) in [4.78, 5) is 4.42. The van der Waals surface area contributed by atoms with Crippen LogP contribution < -0.4 is 5.32 Å². The fraction of sp³-hybridized carbons (Fsp3) is 0.438. The number of nitrogens with zero attached hydrogens (tertiary/aromatic N) is 1. The number of halogens is 1. The van der Waals surface area contributed by atoms with Gasteiger partial charge in [0.15, 0.2) is 0 Å². The molecular formula is C16H19ClN2O2. The van der Waals surface area contributed by atoms with Crippen LogP contribution >= 0.6 is 11.6 Å². The summed E-state index contributed by atoms with van der Waals surface area (Å²) >= 11 is 6.21. The highest BCUT2D eigenvalue weighted by Crippen LogP contribution is 2.28. The number of hydrogen-bond acceptors (Lipinski definition) is 4. The highest BCUT2D eigenvalue weighted by Gasteiger charge is 2.19. The van der Waals surface area contributed by atoms with Crippen LogP contribution in [0.5, 0.6) is 0 Å². The molecule has 0 aliphatic carbocycles. The van der Waals surface area contributed by atoms with Crippen molar-refractivity contribution in [2.24, 2.45) is 0 Å². The predicted octanol–water partition coefficient (Wildman–Crippen LogP) is 2.69. The van der Waals surface area contributed by atoms with E-state index >= 15 is 0 Å². The fourth-order valence-corrected chi connectivity index (χ4v) is 3.01. The lowest BCUT2D eigenvalue weighted by Crippen LogP contribution is -2.32. The Hall–Kier alpha value is -1.20. The molecule has 3 rings (SSSR count). The van der Waals surface area contributed by atoms with E-state index in [1.807, 2.05) is 24.3 Å². The lowest BCUT2D eigenvalue weighted by atomic mass is 10.0. The third kappa shape index (κ3) is 3.19. The molecule has 1 aromatic carbocycles. The van der Waals surface area contributed by atoms with Gasteiger partial charge in [-0.2, -0.15) is 0 Å². The molecule has 1 fully saturated rings. The second-order valence-electron chi connectivity index (χ2n) is 5.31. The van der Waals surface area contributed by atoms with E-state index in [2.05, 4.69) is 10.3 Å². The zero-order valence-corrected chi connectivity index (χ0v) is 12.5. The van der Waals surface area contributed by atoms with E-state index in [0.29, 0.717) is 5.02 Å². The van der Waals surface area contributed by atoms with Crippen LogP contribution in [-0.4, -0.2) is 36.0 Å². The summed E-state index contributed by atoms with van der Waals surface area (Å²) in [5.74, 6) is 0. The molecule has 1 saturated heterocycles. The van der Waals surface area contributed by atoms with Crippen LogP contribution in [-0.2, 0) is 4.74 Å². The van der Waals surface area contributed by atoms with Crippen LogP contribution in [0.1, 0.15) is 24.4 Å². The quantitative estimate of drug-likeness (QED) is 0.892. The van der Waals surface area contributed by atoms with Gasteiger partial charge in [-0.1, -0.05) is 17.7 Å². The third-order valence-electron chi connectivity index (χ3n) is 3.92. The molecule has 0 bridgehead atoms. The maximum Gasteiger partial charge on any atom is 0.0765 e. The van der Waals surface area contributed by atoms with Crippen molar-refractivity contribution < 1.29 is 9.84 Å². The molecule has 1 aliphatic heterocycles. The Bertz CT molecular complexity index is 614. The summed E-state index contributed by atoms with van der Waals surface area (Å²) < 4.78 is 5.61. The average Bonchev–Trinajstić information content (AvgIpc) is 3.03. The van der Waals surface area contributed by atoms with Gasteiger partial charge < -0.3 is 15.2 Å². The predicted molar refractivity (Wildman–Crippen MR) is 83.6 cm³/mol. The Kier molecular flexibility index (Phi) is 4.70. The first kappa shape index (κ1) is 14.7. The van der Waals surface area contributed by atoms with Gasteiger partial charge in [-0.05, 0) is 36.6 Å². The van der Waals surface area contributed by atoms with Crippen molar-refractivity contribution >= 4 is 22.5 Å². The summed E-state index contributed by atoms with van der Waals surface area (Å²) in [5.41, 5.74) is 1.80.